The zero-order valence-electron chi connectivity index (χ0n) is 12.5. The molecule has 3 heterocycles. The quantitative estimate of drug-likeness (QED) is 0.764. The molecule has 3 aromatic rings. The average molecular weight is 376 g/mol. The number of aryl methyl sites for hydroxylation is 1. The summed E-state index contributed by atoms with van der Waals surface area (Å²) in [6, 6.07) is 0. The van der Waals surface area contributed by atoms with Crippen molar-refractivity contribution < 1.29 is 18.0 Å². The molecule has 3 aromatic heterocycles. The fourth-order valence-electron chi connectivity index (χ4n) is 2.21. The number of nitrogens with zero attached hydrogens (tertiary/aromatic N) is 3. The van der Waals surface area contributed by atoms with Crippen LogP contribution >= 0.6 is 22.7 Å². The van der Waals surface area contributed by atoms with E-state index in [2.05, 4.69) is 10.3 Å². The molecule has 1 N–H and O–H groups in total. The smallest absolute Gasteiger partial charge is 0.302 e. The highest BCUT2D eigenvalue weighted by molar-refractivity contribution is 7.17. The van der Waals surface area contributed by atoms with Crippen LogP contribution in [0.2, 0.25) is 0 Å². The van der Waals surface area contributed by atoms with Gasteiger partial charge < -0.3 is 5.32 Å². The maximum absolute atomic E-state index is 12.5. The van der Waals surface area contributed by atoms with Crippen molar-refractivity contribution in [2.45, 2.75) is 12.6 Å². The van der Waals surface area contributed by atoms with Gasteiger partial charge in [0.2, 0.25) is 5.91 Å². The van der Waals surface area contributed by atoms with Crippen LogP contribution in [0, 0.1) is 0 Å². The summed E-state index contributed by atoms with van der Waals surface area (Å²) in [5, 5.41) is 5.21. The van der Waals surface area contributed by atoms with E-state index in [1.807, 2.05) is 0 Å². The third kappa shape index (κ3) is 2.84. The normalized spacial score (nSPS) is 12.0. The number of thiazole rings is 1. The number of halogens is 3. The lowest BCUT2D eigenvalue weighted by molar-refractivity contribution is -0.140. The van der Waals surface area contributed by atoms with Gasteiger partial charge in [0.15, 0.2) is 10.8 Å². The molecule has 11 heteroatoms. The van der Waals surface area contributed by atoms with Crippen LogP contribution < -0.4 is 10.9 Å². The van der Waals surface area contributed by atoms with E-state index in [4.69, 9.17) is 0 Å². The number of amides is 1. The lowest BCUT2D eigenvalue weighted by atomic mass is 10.2. The summed E-state index contributed by atoms with van der Waals surface area (Å²) in [4.78, 5) is 28.3. The number of thiophene rings is 1. The summed E-state index contributed by atoms with van der Waals surface area (Å²) in [7, 11) is 3.35. The summed E-state index contributed by atoms with van der Waals surface area (Å²) >= 11 is 2.03. The Morgan fingerprint density at radius 1 is 1.25 bits per heavy atom. The molecule has 0 aromatic carbocycles. The van der Waals surface area contributed by atoms with Crippen molar-refractivity contribution in [3.63, 3.8) is 0 Å². The van der Waals surface area contributed by atoms with E-state index in [-0.39, 0.29) is 17.1 Å². The van der Waals surface area contributed by atoms with Crippen molar-refractivity contribution in [3.05, 3.63) is 32.4 Å². The van der Waals surface area contributed by atoms with E-state index in [1.165, 1.54) is 16.0 Å². The highest BCUT2D eigenvalue weighted by Crippen LogP contribution is 2.31. The Balaban J connectivity index is 1.80. The van der Waals surface area contributed by atoms with Gasteiger partial charge in [-0.25, -0.2) is 4.98 Å². The second-order valence-corrected chi connectivity index (χ2v) is 6.77. The molecule has 0 atom stereocenters. The van der Waals surface area contributed by atoms with Crippen molar-refractivity contribution >= 4 is 43.9 Å². The number of anilines is 1. The van der Waals surface area contributed by atoms with E-state index in [0.717, 1.165) is 10.2 Å². The molecule has 0 radical (unpaired) electrons. The molecule has 0 spiro atoms. The van der Waals surface area contributed by atoms with Crippen LogP contribution in [0.15, 0.2) is 15.6 Å². The second-order valence-electron chi connectivity index (χ2n) is 5.05. The Kier molecular flexibility index (Phi) is 4.00. The van der Waals surface area contributed by atoms with Crippen molar-refractivity contribution in [2.75, 3.05) is 5.32 Å². The fraction of sp³-hybridized carbons (Fsp3) is 0.308. The predicted octanol–water partition coefficient (Wildman–Crippen LogP) is 2.60. The molecule has 0 aliphatic rings. The standard InChI is InChI=1S/C13H11F3N4O2S2/c1-19-10(22)9-6(4-23-11(9)20(19)2)3-8(21)18-12-17-7(5-24-12)13(14,15)16/h4-5H,3H2,1-2H3,(H,17,18,21). The number of carbonyl (C=O) groups is 1. The first kappa shape index (κ1) is 16.7. The van der Waals surface area contributed by atoms with E-state index >= 15 is 0 Å². The Morgan fingerprint density at radius 2 is 1.96 bits per heavy atom. The van der Waals surface area contributed by atoms with Crippen molar-refractivity contribution in [3.8, 4) is 0 Å². The van der Waals surface area contributed by atoms with Gasteiger partial charge in [0.25, 0.3) is 5.56 Å². The van der Waals surface area contributed by atoms with Gasteiger partial charge in [0.1, 0.15) is 4.83 Å². The second kappa shape index (κ2) is 5.74. The molecule has 6 nitrogen and oxygen atoms in total. The van der Waals surface area contributed by atoms with Crippen molar-refractivity contribution in [1.29, 1.82) is 0 Å². The minimum Gasteiger partial charge on any atom is -0.302 e. The number of fused-ring (bicyclic) bond motifs is 1. The Morgan fingerprint density at radius 3 is 2.58 bits per heavy atom. The largest absolute Gasteiger partial charge is 0.434 e. The first-order valence-electron chi connectivity index (χ1n) is 6.63. The van der Waals surface area contributed by atoms with Crippen molar-refractivity contribution in [1.82, 2.24) is 14.3 Å². The van der Waals surface area contributed by atoms with Crippen LogP contribution in [0.4, 0.5) is 18.3 Å². The van der Waals surface area contributed by atoms with Gasteiger partial charge in [-0.3, -0.25) is 19.0 Å². The number of hydrogen-bond acceptors (Lipinski definition) is 5. The molecule has 0 aliphatic heterocycles. The predicted molar refractivity (Wildman–Crippen MR) is 85.5 cm³/mol. The Labute approximate surface area is 141 Å². The van der Waals surface area contributed by atoms with Gasteiger partial charge in [-0.15, -0.1) is 22.7 Å². The minimum atomic E-state index is -4.55. The van der Waals surface area contributed by atoms with Crippen LogP contribution in [-0.4, -0.2) is 20.3 Å². The third-order valence-corrected chi connectivity index (χ3v) is 5.34. The molecule has 0 bridgehead atoms. The summed E-state index contributed by atoms with van der Waals surface area (Å²) < 4.78 is 40.6. The fourth-order valence-corrected chi connectivity index (χ4v) is 4.01. The Hall–Kier alpha value is -2.14. The van der Waals surface area contributed by atoms with E-state index in [9.17, 15) is 22.8 Å². The first-order valence-corrected chi connectivity index (χ1v) is 8.39. The summed E-state index contributed by atoms with van der Waals surface area (Å²) in [6.07, 6.45) is -4.66. The molecule has 128 valence electrons. The van der Waals surface area contributed by atoms with Gasteiger partial charge >= 0.3 is 6.18 Å². The van der Waals surface area contributed by atoms with Crippen LogP contribution in [0.1, 0.15) is 11.3 Å². The number of hydrogen-bond donors (Lipinski definition) is 1. The molecule has 0 fully saturated rings. The molecule has 24 heavy (non-hydrogen) atoms. The van der Waals surface area contributed by atoms with Gasteiger partial charge in [-0.2, -0.15) is 13.2 Å². The number of alkyl halides is 3. The lowest BCUT2D eigenvalue weighted by Gasteiger charge is -2.01. The zero-order valence-corrected chi connectivity index (χ0v) is 14.1. The molecule has 1 amide bonds. The van der Waals surface area contributed by atoms with Gasteiger partial charge in [0.05, 0.1) is 11.8 Å². The highest BCUT2D eigenvalue weighted by Gasteiger charge is 2.33. The van der Waals surface area contributed by atoms with Crippen LogP contribution in [-0.2, 0) is 31.5 Å². The maximum atomic E-state index is 12.5. The molecule has 0 saturated carbocycles. The van der Waals surface area contributed by atoms with E-state index in [0.29, 0.717) is 22.3 Å². The molecule has 0 saturated heterocycles. The van der Waals surface area contributed by atoms with Crippen LogP contribution in [0.5, 0.6) is 0 Å². The van der Waals surface area contributed by atoms with Gasteiger partial charge in [-0.05, 0) is 10.9 Å². The number of nitrogens with one attached hydrogen (secondary N) is 1. The molecular weight excluding hydrogens is 365 g/mol. The molecule has 3 rings (SSSR count). The van der Waals surface area contributed by atoms with E-state index < -0.39 is 17.8 Å². The monoisotopic (exact) mass is 376 g/mol. The van der Waals surface area contributed by atoms with Crippen LogP contribution in [0.25, 0.3) is 10.2 Å². The van der Waals surface area contributed by atoms with Gasteiger partial charge in [0, 0.05) is 19.5 Å². The SMILES string of the molecule is Cn1c(=O)c2c(CC(=O)Nc3nc(C(F)(F)F)cs3)csc2n1C. The molecule has 0 aliphatic carbocycles. The average Bonchev–Trinajstić information content (AvgIpc) is 3.15. The maximum Gasteiger partial charge on any atom is 0.434 e. The molecule has 0 unspecified atom stereocenters. The third-order valence-electron chi connectivity index (χ3n) is 3.49. The highest BCUT2D eigenvalue weighted by atomic mass is 32.1. The summed E-state index contributed by atoms with van der Waals surface area (Å²) in [5.74, 6) is -0.524. The first-order chi connectivity index (χ1) is 11.2. The minimum absolute atomic E-state index is 0.111. The van der Waals surface area contributed by atoms with Gasteiger partial charge in [-0.1, -0.05) is 0 Å². The molecular formula is C13H11F3N4O2S2. The summed E-state index contributed by atoms with van der Waals surface area (Å²) in [6.45, 7) is 0. The van der Waals surface area contributed by atoms with Crippen LogP contribution in [0.3, 0.4) is 0 Å². The van der Waals surface area contributed by atoms with E-state index in [1.54, 1.807) is 24.2 Å². The number of rotatable bonds is 3. The number of carbonyl (C=O) groups excluding carboxylic acids is 1. The number of aromatic nitrogens is 3. The summed E-state index contributed by atoms with van der Waals surface area (Å²) in [5.41, 5.74) is -0.718. The van der Waals surface area contributed by atoms with Crippen molar-refractivity contribution in [2.24, 2.45) is 14.1 Å². The Bertz CT molecular complexity index is 980. The lowest BCUT2D eigenvalue weighted by Crippen LogP contribution is -2.18. The zero-order chi connectivity index (χ0) is 17.6. The topological polar surface area (TPSA) is 68.9 Å².